The van der Waals surface area contributed by atoms with Crippen molar-refractivity contribution in [2.24, 2.45) is 0 Å². The Morgan fingerprint density at radius 2 is 1.83 bits per heavy atom. The van der Waals surface area contributed by atoms with E-state index in [4.69, 9.17) is 4.74 Å². The lowest BCUT2D eigenvalue weighted by molar-refractivity contribution is -0.117. The molecule has 0 saturated heterocycles. The third-order valence-electron chi connectivity index (χ3n) is 3.05. The highest BCUT2D eigenvalue weighted by Gasteiger charge is 2.21. The second-order valence-electron chi connectivity index (χ2n) is 4.91. The Kier molecular flexibility index (Phi) is 6.33. The number of aliphatic hydroxyl groups excluding tert-OH is 1. The highest BCUT2D eigenvalue weighted by molar-refractivity contribution is 5.17. The second kappa shape index (κ2) is 7.52. The summed E-state index contributed by atoms with van der Waals surface area (Å²) in [5.74, 6) is 0. The Morgan fingerprint density at radius 1 is 1.22 bits per heavy atom. The van der Waals surface area contributed by atoms with E-state index >= 15 is 0 Å². The number of benzene rings is 1. The first-order chi connectivity index (χ1) is 8.56. The molecule has 1 aromatic rings. The molecule has 0 amide bonds. The minimum Gasteiger partial charge on any atom is -0.376 e. The van der Waals surface area contributed by atoms with Gasteiger partial charge < -0.3 is 9.84 Å². The summed E-state index contributed by atoms with van der Waals surface area (Å²) in [5, 5.41) is 9.96. The molecule has 0 aliphatic rings. The largest absolute Gasteiger partial charge is 0.376 e. The van der Waals surface area contributed by atoms with E-state index in [1.165, 1.54) is 5.56 Å². The zero-order valence-electron chi connectivity index (χ0n) is 11.8. The van der Waals surface area contributed by atoms with E-state index in [2.05, 4.69) is 19.1 Å². The van der Waals surface area contributed by atoms with Crippen LogP contribution in [0.3, 0.4) is 0 Å². The van der Waals surface area contributed by atoms with Gasteiger partial charge in [-0.1, -0.05) is 43.7 Å². The SMILES string of the molecule is CCCC(OC(C)C(O)N(C)C)c1ccccc1. The number of nitrogens with zero attached hydrogens (tertiary/aromatic N) is 1. The molecule has 102 valence electrons. The molecule has 0 heterocycles. The van der Waals surface area contributed by atoms with Crippen molar-refractivity contribution in [3.8, 4) is 0 Å². The molecule has 0 aliphatic carbocycles. The molecule has 18 heavy (non-hydrogen) atoms. The predicted octanol–water partition coefficient (Wildman–Crippen LogP) is 2.81. The van der Waals surface area contributed by atoms with Crippen molar-refractivity contribution in [3.05, 3.63) is 35.9 Å². The van der Waals surface area contributed by atoms with E-state index in [-0.39, 0.29) is 12.2 Å². The Morgan fingerprint density at radius 3 is 2.33 bits per heavy atom. The number of aliphatic hydroxyl groups is 1. The van der Waals surface area contributed by atoms with Crippen LogP contribution in [-0.2, 0) is 4.74 Å². The van der Waals surface area contributed by atoms with Crippen molar-refractivity contribution >= 4 is 0 Å². The normalized spacial score (nSPS) is 16.6. The summed E-state index contributed by atoms with van der Waals surface area (Å²) in [6, 6.07) is 10.2. The molecule has 1 N–H and O–H groups in total. The molecule has 0 aromatic heterocycles. The number of ether oxygens (including phenoxy) is 1. The molecule has 0 saturated carbocycles. The van der Waals surface area contributed by atoms with E-state index in [1.54, 1.807) is 4.90 Å². The molecule has 1 rings (SSSR count). The maximum atomic E-state index is 9.96. The van der Waals surface area contributed by atoms with Crippen molar-refractivity contribution in [1.82, 2.24) is 4.90 Å². The van der Waals surface area contributed by atoms with Gasteiger partial charge in [0.15, 0.2) is 0 Å². The lowest BCUT2D eigenvalue weighted by atomic mass is 10.0. The van der Waals surface area contributed by atoms with Crippen molar-refractivity contribution < 1.29 is 9.84 Å². The lowest BCUT2D eigenvalue weighted by Crippen LogP contribution is -2.39. The number of hydrogen-bond acceptors (Lipinski definition) is 3. The monoisotopic (exact) mass is 251 g/mol. The van der Waals surface area contributed by atoms with Crippen molar-refractivity contribution in [2.45, 2.75) is 45.1 Å². The van der Waals surface area contributed by atoms with Crippen molar-refractivity contribution in [1.29, 1.82) is 0 Å². The standard InChI is InChI=1S/C15H25NO2/c1-5-9-14(13-10-7-6-8-11-13)18-12(2)15(17)16(3)4/h6-8,10-12,14-15,17H,5,9H2,1-4H3. The van der Waals surface area contributed by atoms with Gasteiger partial charge in [0, 0.05) is 0 Å². The van der Waals surface area contributed by atoms with Crippen LogP contribution < -0.4 is 0 Å². The molecule has 3 nitrogen and oxygen atoms in total. The third-order valence-corrected chi connectivity index (χ3v) is 3.05. The van der Waals surface area contributed by atoms with Gasteiger partial charge in [0.05, 0.1) is 12.2 Å². The van der Waals surface area contributed by atoms with Crippen LogP contribution in [0.5, 0.6) is 0 Å². The molecule has 1 aromatic carbocycles. The average molecular weight is 251 g/mol. The molecule has 0 fully saturated rings. The smallest absolute Gasteiger partial charge is 0.133 e. The van der Waals surface area contributed by atoms with E-state index in [0.717, 1.165) is 12.8 Å². The fourth-order valence-electron chi connectivity index (χ4n) is 1.99. The Balaban J connectivity index is 2.69. The topological polar surface area (TPSA) is 32.7 Å². The van der Waals surface area contributed by atoms with Gasteiger partial charge in [-0.25, -0.2) is 0 Å². The molecule has 3 heteroatoms. The van der Waals surface area contributed by atoms with Gasteiger partial charge in [-0.3, -0.25) is 4.90 Å². The van der Waals surface area contributed by atoms with Gasteiger partial charge in [0.25, 0.3) is 0 Å². The number of likely N-dealkylation sites (N-methyl/N-ethyl adjacent to an activating group) is 1. The first-order valence-corrected chi connectivity index (χ1v) is 6.61. The van der Waals surface area contributed by atoms with E-state index in [1.807, 2.05) is 39.2 Å². The maximum Gasteiger partial charge on any atom is 0.133 e. The summed E-state index contributed by atoms with van der Waals surface area (Å²) < 4.78 is 6.01. The summed E-state index contributed by atoms with van der Waals surface area (Å²) in [5.41, 5.74) is 1.18. The van der Waals surface area contributed by atoms with Crippen molar-refractivity contribution in [2.75, 3.05) is 14.1 Å². The minimum absolute atomic E-state index is 0.0563. The molecular weight excluding hydrogens is 226 g/mol. The fraction of sp³-hybridized carbons (Fsp3) is 0.600. The Bertz CT molecular complexity index is 327. The van der Waals surface area contributed by atoms with Crippen LogP contribution in [0.4, 0.5) is 0 Å². The number of hydrogen-bond donors (Lipinski definition) is 1. The van der Waals surface area contributed by atoms with Gasteiger partial charge in [-0.05, 0) is 33.0 Å². The van der Waals surface area contributed by atoms with Crippen LogP contribution in [0, 0.1) is 0 Å². The number of rotatable bonds is 7. The highest BCUT2D eigenvalue weighted by Crippen LogP contribution is 2.25. The van der Waals surface area contributed by atoms with Gasteiger partial charge in [0.2, 0.25) is 0 Å². The lowest BCUT2D eigenvalue weighted by Gasteiger charge is -2.29. The summed E-state index contributed by atoms with van der Waals surface area (Å²) in [4.78, 5) is 1.76. The van der Waals surface area contributed by atoms with Crippen LogP contribution in [0.25, 0.3) is 0 Å². The average Bonchev–Trinajstić information content (AvgIpc) is 2.38. The van der Waals surface area contributed by atoms with Gasteiger partial charge >= 0.3 is 0 Å². The summed E-state index contributed by atoms with van der Waals surface area (Å²) in [6.07, 6.45) is 1.30. The molecule has 3 unspecified atom stereocenters. The van der Waals surface area contributed by atoms with Gasteiger partial charge in [-0.2, -0.15) is 0 Å². The molecule has 3 atom stereocenters. The van der Waals surface area contributed by atoms with Crippen LogP contribution in [0.1, 0.15) is 38.4 Å². The first kappa shape index (κ1) is 15.2. The van der Waals surface area contributed by atoms with Gasteiger partial charge in [0.1, 0.15) is 6.23 Å². The van der Waals surface area contributed by atoms with Crippen LogP contribution >= 0.6 is 0 Å². The Labute approximate surface area is 110 Å². The summed E-state index contributed by atoms with van der Waals surface area (Å²) in [7, 11) is 3.70. The first-order valence-electron chi connectivity index (χ1n) is 6.61. The van der Waals surface area contributed by atoms with Crippen LogP contribution in [0.2, 0.25) is 0 Å². The van der Waals surface area contributed by atoms with Crippen LogP contribution in [0.15, 0.2) is 30.3 Å². The summed E-state index contributed by atoms with van der Waals surface area (Å²) in [6.45, 7) is 4.06. The van der Waals surface area contributed by atoms with E-state index < -0.39 is 6.23 Å². The quantitative estimate of drug-likeness (QED) is 0.756. The molecule has 0 radical (unpaired) electrons. The summed E-state index contributed by atoms with van der Waals surface area (Å²) >= 11 is 0. The molecule has 0 spiro atoms. The zero-order chi connectivity index (χ0) is 13.5. The van der Waals surface area contributed by atoms with E-state index in [9.17, 15) is 5.11 Å². The van der Waals surface area contributed by atoms with E-state index in [0.29, 0.717) is 0 Å². The second-order valence-corrected chi connectivity index (χ2v) is 4.91. The molecule has 0 bridgehead atoms. The predicted molar refractivity (Wildman–Crippen MR) is 74.3 cm³/mol. The molecular formula is C15H25NO2. The Hall–Kier alpha value is -0.900. The minimum atomic E-state index is -0.576. The zero-order valence-corrected chi connectivity index (χ0v) is 11.8. The maximum absolute atomic E-state index is 9.96. The van der Waals surface area contributed by atoms with Gasteiger partial charge in [-0.15, -0.1) is 0 Å². The highest BCUT2D eigenvalue weighted by atomic mass is 16.5. The third kappa shape index (κ3) is 4.41. The van der Waals surface area contributed by atoms with Crippen LogP contribution in [-0.4, -0.2) is 36.4 Å². The molecule has 0 aliphatic heterocycles. The van der Waals surface area contributed by atoms with Crippen molar-refractivity contribution in [3.63, 3.8) is 0 Å². The fourth-order valence-corrected chi connectivity index (χ4v) is 1.99.